The molecule has 2 rings (SSSR count). The molecule has 0 saturated carbocycles. The van der Waals surface area contributed by atoms with E-state index < -0.39 is 0 Å². The summed E-state index contributed by atoms with van der Waals surface area (Å²) in [5, 5.41) is 4.00. The zero-order valence-corrected chi connectivity index (χ0v) is 19.4. The summed E-state index contributed by atoms with van der Waals surface area (Å²) >= 11 is 6.18. The van der Waals surface area contributed by atoms with Crippen LogP contribution in [0, 0.1) is 0 Å². The Hall–Kier alpha value is -1.22. The Morgan fingerprint density at radius 2 is 2.15 bits per heavy atom. The van der Waals surface area contributed by atoms with Gasteiger partial charge in [0.25, 0.3) is 0 Å². The van der Waals surface area contributed by atoms with Crippen molar-refractivity contribution in [2.24, 2.45) is 4.99 Å². The smallest absolute Gasteiger partial charge is 0.243 e. The van der Waals surface area contributed by atoms with Gasteiger partial charge in [-0.15, -0.1) is 24.0 Å². The zero-order chi connectivity index (χ0) is 18.9. The van der Waals surface area contributed by atoms with Gasteiger partial charge in [-0.3, -0.25) is 4.79 Å². The van der Waals surface area contributed by atoms with Crippen LogP contribution in [0.5, 0.6) is 5.75 Å². The van der Waals surface area contributed by atoms with E-state index in [1.165, 1.54) is 0 Å². The van der Waals surface area contributed by atoms with Gasteiger partial charge in [0.15, 0.2) is 5.96 Å². The molecular weight excluding hydrogens is 479 g/mol. The Morgan fingerprint density at radius 3 is 2.81 bits per heavy atom. The number of unbranched alkanes of at least 4 members (excludes halogenated alkanes) is 1. The van der Waals surface area contributed by atoms with Crippen molar-refractivity contribution in [2.45, 2.75) is 32.3 Å². The molecule has 0 radical (unpaired) electrons. The van der Waals surface area contributed by atoms with E-state index in [9.17, 15) is 4.79 Å². The van der Waals surface area contributed by atoms with E-state index in [0.717, 1.165) is 44.9 Å². The van der Waals surface area contributed by atoms with E-state index in [-0.39, 0.29) is 42.5 Å². The number of para-hydroxylation sites is 1. The molecule has 27 heavy (non-hydrogen) atoms. The third-order valence-electron chi connectivity index (χ3n) is 4.25. The molecule has 0 bridgehead atoms. The van der Waals surface area contributed by atoms with Crippen molar-refractivity contribution in [1.82, 2.24) is 15.1 Å². The number of guanidine groups is 1. The van der Waals surface area contributed by atoms with Crippen LogP contribution in [0.25, 0.3) is 0 Å². The van der Waals surface area contributed by atoms with Crippen LogP contribution in [-0.2, 0) is 4.79 Å². The van der Waals surface area contributed by atoms with Gasteiger partial charge in [0.1, 0.15) is 18.4 Å². The van der Waals surface area contributed by atoms with Gasteiger partial charge in [0, 0.05) is 33.6 Å². The Bertz CT molecular complexity index is 627. The van der Waals surface area contributed by atoms with Crippen LogP contribution in [0.1, 0.15) is 26.2 Å². The largest absolute Gasteiger partial charge is 0.487 e. The maximum atomic E-state index is 11.9. The summed E-state index contributed by atoms with van der Waals surface area (Å²) < 4.78 is 6.04. The molecule has 8 heteroatoms. The highest BCUT2D eigenvalue weighted by Crippen LogP contribution is 2.26. The number of rotatable bonds is 7. The molecule has 0 spiro atoms. The van der Waals surface area contributed by atoms with E-state index in [2.05, 4.69) is 22.1 Å². The number of hydrogen-bond acceptors (Lipinski definition) is 3. The summed E-state index contributed by atoms with van der Waals surface area (Å²) in [7, 11) is 3.48. The van der Waals surface area contributed by atoms with Crippen molar-refractivity contribution in [3.8, 4) is 5.75 Å². The Labute approximate surface area is 184 Å². The van der Waals surface area contributed by atoms with Gasteiger partial charge in [-0.2, -0.15) is 0 Å². The average molecular weight is 509 g/mol. The van der Waals surface area contributed by atoms with Crippen molar-refractivity contribution in [1.29, 1.82) is 0 Å². The fraction of sp³-hybridized carbons (Fsp3) is 0.579. The summed E-state index contributed by atoms with van der Waals surface area (Å²) in [5.41, 5.74) is 0. The summed E-state index contributed by atoms with van der Waals surface area (Å²) in [4.78, 5) is 20.1. The fourth-order valence-corrected chi connectivity index (χ4v) is 2.85. The van der Waals surface area contributed by atoms with Crippen LogP contribution in [-0.4, -0.2) is 68.0 Å². The third-order valence-corrected chi connectivity index (χ3v) is 4.56. The molecule has 0 aromatic heterocycles. The molecule has 1 aliphatic rings. The zero-order valence-electron chi connectivity index (χ0n) is 16.3. The highest BCUT2D eigenvalue weighted by molar-refractivity contribution is 14.0. The first kappa shape index (κ1) is 23.8. The molecule has 1 saturated heterocycles. The molecule has 1 aliphatic heterocycles. The molecule has 6 nitrogen and oxygen atoms in total. The van der Waals surface area contributed by atoms with Crippen LogP contribution in [0.3, 0.4) is 0 Å². The second-order valence-electron chi connectivity index (χ2n) is 6.61. The number of halogens is 2. The van der Waals surface area contributed by atoms with E-state index in [1.54, 1.807) is 19.0 Å². The maximum absolute atomic E-state index is 11.9. The average Bonchev–Trinajstić information content (AvgIpc) is 3.08. The van der Waals surface area contributed by atoms with Crippen LogP contribution < -0.4 is 10.1 Å². The summed E-state index contributed by atoms with van der Waals surface area (Å²) in [6, 6.07) is 7.52. The number of hydrogen-bond donors (Lipinski definition) is 1. The van der Waals surface area contributed by atoms with E-state index in [0.29, 0.717) is 10.8 Å². The van der Waals surface area contributed by atoms with Crippen LogP contribution in [0.15, 0.2) is 29.3 Å². The molecule has 1 N–H and O–H groups in total. The lowest BCUT2D eigenvalue weighted by molar-refractivity contribution is -0.127. The SMILES string of the molecule is CCCCNC(=NCC(=O)N(C)C)N1CCC(Oc2ccccc2Cl)C1.I. The lowest BCUT2D eigenvalue weighted by Gasteiger charge is -2.22. The van der Waals surface area contributed by atoms with Gasteiger partial charge in [0.2, 0.25) is 5.91 Å². The molecule has 1 amide bonds. The van der Waals surface area contributed by atoms with Crippen LogP contribution in [0.2, 0.25) is 5.02 Å². The molecule has 1 heterocycles. The van der Waals surface area contributed by atoms with Gasteiger partial charge < -0.3 is 19.9 Å². The van der Waals surface area contributed by atoms with E-state index in [1.807, 2.05) is 24.3 Å². The highest BCUT2D eigenvalue weighted by atomic mass is 127. The summed E-state index contributed by atoms with van der Waals surface area (Å²) in [6.07, 6.45) is 3.11. The quantitative estimate of drug-likeness (QED) is 0.266. The number of amides is 1. The molecule has 1 aromatic carbocycles. The van der Waals surface area contributed by atoms with Gasteiger partial charge >= 0.3 is 0 Å². The number of nitrogens with one attached hydrogen (secondary N) is 1. The van der Waals surface area contributed by atoms with Crippen molar-refractivity contribution in [2.75, 3.05) is 40.3 Å². The number of nitrogens with zero attached hydrogens (tertiary/aromatic N) is 3. The first-order valence-corrected chi connectivity index (χ1v) is 9.53. The minimum Gasteiger partial charge on any atom is -0.487 e. The van der Waals surface area contributed by atoms with Gasteiger partial charge in [-0.1, -0.05) is 37.1 Å². The highest BCUT2D eigenvalue weighted by Gasteiger charge is 2.27. The Morgan fingerprint density at radius 1 is 1.41 bits per heavy atom. The van der Waals surface area contributed by atoms with Gasteiger partial charge in [-0.05, 0) is 18.6 Å². The fourth-order valence-electron chi connectivity index (χ4n) is 2.67. The van der Waals surface area contributed by atoms with Gasteiger partial charge in [-0.25, -0.2) is 4.99 Å². The number of likely N-dealkylation sites (N-methyl/N-ethyl adjacent to an activating group) is 1. The number of carbonyl (C=O) groups excluding carboxylic acids is 1. The number of ether oxygens (including phenoxy) is 1. The molecule has 0 aliphatic carbocycles. The van der Waals surface area contributed by atoms with Gasteiger partial charge in [0.05, 0.1) is 11.6 Å². The molecule has 152 valence electrons. The van der Waals surface area contributed by atoms with E-state index in [4.69, 9.17) is 16.3 Å². The Balaban J connectivity index is 0.00000364. The van der Waals surface area contributed by atoms with Crippen molar-refractivity contribution < 1.29 is 9.53 Å². The number of benzene rings is 1. The second-order valence-corrected chi connectivity index (χ2v) is 7.02. The minimum absolute atomic E-state index is 0. The maximum Gasteiger partial charge on any atom is 0.243 e. The van der Waals surface area contributed by atoms with Crippen LogP contribution in [0.4, 0.5) is 0 Å². The molecule has 1 aromatic rings. The van der Waals surface area contributed by atoms with Crippen LogP contribution >= 0.6 is 35.6 Å². The van der Waals surface area contributed by atoms with E-state index >= 15 is 0 Å². The topological polar surface area (TPSA) is 57.2 Å². The predicted molar refractivity (Wildman–Crippen MR) is 121 cm³/mol. The predicted octanol–water partition coefficient (Wildman–Crippen LogP) is 3.25. The monoisotopic (exact) mass is 508 g/mol. The normalized spacial score (nSPS) is 16.7. The molecular formula is C19H30ClIN4O2. The summed E-state index contributed by atoms with van der Waals surface area (Å²) in [6.45, 7) is 4.70. The van der Waals surface area contributed by atoms with Crippen molar-refractivity contribution in [3.05, 3.63) is 29.3 Å². The minimum atomic E-state index is -0.0112. The Kier molecular flexibility index (Phi) is 10.8. The standard InChI is InChI=1S/C19H29ClN4O2.HI/c1-4-5-11-21-19(22-13-18(25)23(2)3)24-12-10-15(14-24)26-17-9-7-6-8-16(17)20;/h6-9,15H,4-5,10-14H2,1-3H3,(H,21,22);1H. The second kappa shape index (κ2) is 12.3. The lowest BCUT2D eigenvalue weighted by atomic mass is 10.3. The number of carbonyl (C=O) groups is 1. The molecule has 1 unspecified atom stereocenters. The molecule has 1 atom stereocenters. The first-order valence-electron chi connectivity index (χ1n) is 9.15. The lowest BCUT2D eigenvalue weighted by Crippen LogP contribution is -2.42. The summed E-state index contributed by atoms with van der Waals surface area (Å²) in [5.74, 6) is 1.47. The molecule has 1 fully saturated rings. The number of likely N-dealkylation sites (tertiary alicyclic amines) is 1. The first-order chi connectivity index (χ1) is 12.5. The van der Waals surface area contributed by atoms with Crippen molar-refractivity contribution >= 4 is 47.4 Å². The number of aliphatic imine (C=N–C) groups is 1. The van der Waals surface area contributed by atoms with Crippen molar-refractivity contribution in [3.63, 3.8) is 0 Å². The third kappa shape index (κ3) is 7.73.